The van der Waals surface area contributed by atoms with Gasteiger partial charge in [-0.25, -0.2) is 0 Å². The van der Waals surface area contributed by atoms with E-state index < -0.39 is 0 Å². The van der Waals surface area contributed by atoms with E-state index >= 15 is 0 Å². The minimum absolute atomic E-state index is 0.235. The van der Waals surface area contributed by atoms with Gasteiger partial charge in [0.25, 0.3) is 0 Å². The Hall–Kier alpha value is -1.31. The Bertz CT molecular complexity index is 423. The number of amides is 1. The van der Waals surface area contributed by atoms with Crippen molar-refractivity contribution in [2.45, 2.75) is 39.5 Å². The summed E-state index contributed by atoms with van der Waals surface area (Å²) in [7, 11) is 1.88. The Kier molecular flexibility index (Phi) is 2.99. The van der Waals surface area contributed by atoms with Crippen molar-refractivity contribution in [2.75, 3.05) is 11.9 Å². The molecule has 2 rings (SSSR count). The molecule has 2 nitrogen and oxygen atoms in total. The number of carbonyl (C=O) groups is 1. The average Bonchev–Trinajstić information content (AvgIpc) is 2.27. The highest BCUT2D eigenvalue weighted by Gasteiger charge is 2.23. The van der Waals surface area contributed by atoms with Crippen molar-refractivity contribution in [3.63, 3.8) is 0 Å². The molecule has 2 heteroatoms. The van der Waals surface area contributed by atoms with E-state index in [9.17, 15) is 4.79 Å². The summed E-state index contributed by atoms with van der Waals surface area (Å²) < 4.78 is 0. The second kappa shape index (κ2) is 4.28. The summed E-state index contributed by atoms with van der Waals surface area (Å²) in [4.78, 5) is 13.4. The van der Waals surface area contributed by atoms with Crippen molar-refractivity contribution in [2.24, 2.45) is 0 Å². The molecule has 0 aliphatic carbocycles. The summed E-state index contributed by atoms with van der Waals surface area (Å²) in [5.74, 6) is 0.235. The van der Waals surface area contributed by atoms with Crippen LogP contribution in [0.5, 0.6) is 0 Å². The van der Waals surface area contributed by atoms with Gasteiger partial charge >= 0.3 is 0 Å². The highest BCUT2D eigenvalue weighted by atomic mass is 16.2. The van der Waals surface area contributed by atoms with Crippen LogP contribution in [-0.2, 0) is 17.6 Å². The molecule has 0 atom stereocenters. The van der Waals surface area contributed by atoms with Gasteiger partial charge in [-0.05, 0) is 42.5 Å². The van der Waals surface area contributed by atoms with Crippen molar-refractivity contribution in [3.8, 4) is 0 Å². The number of nitrogens with zero attached hydrogens (tertiary/aromatic N) is 1. The molecule has 1 aromatic rings. The molecule has 0 unspecified atom stereocenters. The van der Waals surface area contributed by atoms with E-state index in [1.165, 1.54) is 16.7 Å². The Labute approximate surface area is 97.3 Å². The summed E-state index contributed by atoms with van der Waals surface area (Å²) in [6, 6.07) is 4.22. The molecule has 1 aliphatic heterocycles. The van der Waals surface area contributed by atoms with Crippen molar-refractivity contribution in [3.05, 3.63) is 28.8 Å². The number of hydrogen-bond donors (Lipinski definition) is 0. The van der Waals surface area contributed by atoms with Gasteiger partial charge in [-0.3, -0.25) is 4.79 Å². The fraction of sp³-hybridized carbons (Fsp3) is 0.500. The van der Waals surface area contributed by atoms with Crippen molar-refractivity contribution in [1.29, 1.82) is 0 Å². The zero-order valence-electron chi connectivity index (χ0n) is 10.3. The quantitative estimate of drug-likeness (QED) is 0.746. The molecule has 0 spiro atoms. The van der Waals surface area contributed by atoms with Crippen LogP contribution in [0.25, 0.3) is 0 Å². The fourth-order valence-corrected chi connectivity index (χ4v) is 2.52. The van der Waals surface area contributed by atoms with Gasteiger partial charge < -0.3 is 4.90 Å². The van der Waals surface area contributed by atoms with Crippen LogP contribution in [-0.4, -0.2) is 13.0 Å². The van der Waals surface area contributed by atoms with Gasteiger partial charge in [0.1, 0.15) is 0 Å². The minimum atomic E-state index is 0.235. The zero-order valence-corrected chi connectivity index (χ0v) is 10.3. The summed E-state index contributed by atoms with van der Waals surface area (Å²) in [6.45, 7) is 4.37. The van der Waals surface area contributed by atoms with Gasteiger partial charge in [-0.2, -0.15) is 0 Å². The third-order valence-electron chi connectivity index (χ3n) is 3.46. The zero-order chi connectivity index (χ0) is 11.7. The lowest BCUT2D eigenvalue weighted by atomic mass is 9.90. The molecule has 0 aromatic heterocycles. The number of benzene rings is 1. The molecular weight excluding hydrogens is 198 g/mol. The van der Waals surface area contributed by atoms with E-state index in [1.54, 1.807) is 4.90 Å². The fourth-order valence-electron chi connectivity index (χ4n) is 2.52. The lowest BCUT2D eigenvalue weighted by molar-refractivity contribution is -0.118. The molecule has 1 heterocycles. The Balaban J connectivity index is 2.52. The molecule has 1 amide bonds. The summed E-state index contributed by atoms with van der Waals surface area (Å²) >= 11 is 0. The first-order valence-corrected chi connectivity index (χ1v) is 6.03. The van der Waals surface area contributed by atoms with Crippen LogP contribution in [0.1, 0.15) is 36.5 Å². The SMILES string of the molecule is CCCc1c(C)ccc2c1CCC(=O)N2C. The minimum Gasteiger partial charge on any atom is -0.315 e. The Morgan fingerprint density at radius 3 is 2.75 bits per heavy atom. The Morgan fingerprint density at radius 2 is 2.06 bits per heavy atom. The summed E-state index contributed by atoms with van der Waals surface area (Å²) in [6.07, 6.45) is 3.85. The molecule has 0 saturated heterocycles. The second-order valence-corrected chi connectivity index (χ2v) is 4.56. The third-order valence-corrected chi connectivity index (χ3v) is 3.46. The van der Waals surface area contributed by atoms with Crippen LogP contribution in [0.3, 0.4) is 0 Å². The van der Waals surface area contributed by atoms with Crippen LogP contribution in [0.2, 0.25) is 0 Å². The molecule has 1 aliphatic rings. The van der Waals surface area contributed by atoms with Crippen molar-refractivity contribution < 1.29 is 4.79 Å². The van der Waals surface area contributed by atoms with Gasteiger partial charge in [0.15, 0.2) is 0 Å². The van der Waals surface area contributed by atoms with Crippen molar-refractivity contribution >= 4 is 11.6 Å². The number of fused-ring (bicyclic) bond motifs is 1. The predicted molar refractivity (Wildman–Crippen MR) is 66.9 cm³/mol. The number of aryl methyl sites for hydroxylation is 1. The predicted octanol–water partition coefficient (Wildman–Crippen LogP) is 2.86. The number of anilines is 1. The van der Waals surface area contributed by atoms with E-state index in [4.69, 9.17) is 0 Å². The van der Waals surface area contributed by atoms with E-state index in [1.807, 2.05) is 7.05 Å². The summed E-state index contributed by atoms with van der Waals surface area (Å²) in [5, 5.41) is 0. The van der Waals surface area contributed by atoms with E-state index in [2.05, 4.69) is 26.0 Å². The first-order chi connectivity index (χ1) is 7.65. The van der Waals surface area contributed by atoms with Gasteiger partial charge in [0, 0.05) is 19.2 Å². The van der Waals surface area contributed by atoms with Gasteiger partial charge in [0.2, 0.25) is 5.91 Å². The molecular formula is C14H19NO. The van der Waals surface area contributed by atoms with Crippen LogP contribution in [0, 0.1) is 6.92 Å². The molecule has 86 valence electrons. The van der Waals surface area contributed by atoms with Crippen LogP contribution >= 0.6 is 0 Å². The largest absolute Gasteiger partial charge is 0.315 e. The van der Waals surface area contributed by atoms with Crippen LogP contribution < -0.4 is 4.90 Å². The maximum Gasteiger partial charge on any atom is 0.227 e. The van der Waals surface area contributed by atoms with Gasteiger partial charge in [0.05, 0.1) is 0 Å². The van der Waals surface area contributed by atoms with E-state index in [-0.39, 0.29) is 5.91 Å². The first kappa shape index (κ1) is 11.2. The monoisotopic (exact) mass is 217 g/mol. The lowest BCUT2D eigenvalue weighted by Crippen LogP contribution is -2.31. The molecule has 1 aromatic carbocycles. The number of rotatable bonds is 2. The topological polar surface area (TPSA) is 20.3 Å². The molecule has 0 saturated carbocycles. The average molecular weight is 217 g/mol. The molecule has 16 heavy (non-hydrogen) atoms. The maximum absolute atomic E-state index is 11.6. The smallest absolute Gasteiger partial charge is 0.227 e. The Morgan fingerprint density at radius 1 is 1.31 bits per heavy atom. The normalized spacial score (nSPS) is 15.2. The third kappa shape index (κ3) is 1.73. The molecule has 0 N–H and O–H groups in total. The van der Waals surface area contributed by atoms with Gasteiger partial charge in [-0.1, -0.05) is 19.4 Å². The second-order valence-electron chi connectivity index (χ2n) is 4.56. The molecule has 0 bridgehead atoms. The van der Waals surface area contributed by atoms with Crippen LogP contribution in [0.4, 0.5) is 5.69 Å². The molecule has 0 radical (unpaired) electrons. The highest BCUT2D eigenvalue weighted by Crippen LogP contribution is 2.32. The number of hydrogen-bond acceptors (Lipinski definition) is 1. The van der Waals surface area contributed by atoms with Crippen LogP contribution in [0.15, 0.2) is 12.1 Å². The molecule has 0 fully saturated rings. The first-order valence-electron chi connectivity index (χ1n) is 6.03. The summed E-state index contributed by atoms with van der Waals surface area (Å²) in [5.41, 5.74) is 5.33. The van der Waals surface area contributed by atoms with Gasteiger partial charge in [-0.15, -0.1) is 0 Å². The van der Waals surface area contributed by atoms with Crippen molar-refractivity contribution in [1.82, 2.24) is 0 Å². The van der Waals surface area contributed by atoms with E-state index in [0.29, 0.717) is 6.42 Å². The lowest BCUT2D eigenvalue weighted by Gasteiger charge is -2.28. The standard InChI is InChI=1S/C14H19NO/c1-4-5-11-10(2)6-8-13-12(11)7-9-14(16)15(13)3/h6,8H,4-5,7,9H2,1-3H3. The highest BCUT2D eigenvalue weighted by molar-refractivity contribution is 5.96. The number of carbonyl (C=O) groups excluding carboxylic acids is 1. The van der Waals surface area contributed by atoms with E-state index in [0.717, 1.165) is 24.9 Å². The maximum atomic E-state index is 11.6.